The van der Waals surface area contributed by atoms with Gasteiger partial charge in [0.05, 0.1) is 0 Å². The molecular weight excluding hydrogens is 264 g/mol. The molecule has 4 nitrogen and oxygen atoms in total. The van der Waals surface area contributed by atoms with Gasteiger partial charge in [-0.1, -0.05) is 19.8 Å². The largest absolute Gasteiger partial charge is 0.444 e. The van der Waals surface area contributed by atoms with Crippen molar-refractivity contribution in [3.63, 3.8) is 0 Å². The molecule has 0 atom stereocenters. The topological polar surface area (TPSA) is 41.6 Å². The van der Waals surface area contributed by atoms with Crippen molar-refractivity contribution in [1.82, 2.24) is 10.2 Å². The van der Waals surface area contributed by atoms with Crippen LogP contribution in [0.3, 0.4) is 0 Å². The number of likely N-dealkylation sites (tertiary alicyclic amines) is 1. The highest BCUT2D eigenvalue weighted by molar-refractivity contribution is 5.68. The van der Waals surface area contributed by atoms with Gasteiger partial charge in [-0.25, -0.2) is 4.79 Å². The van der Waals surface area contributed by atoms with Crippen LogP contribution in [0.2, 0.25) is 0 Å². The normalized spacial score (nSPS) is 23.3. The Kier molecular flexibility index (Phi) is 5.18. The van der Waals surface area contributed by atoms with Gasteiger partial charge in [0, 0.05) is 25.7 Å². The molecule has 21 heavy (non-hydrogen) atoms. The van der Waals surface area contributed by atoms with E-state index in [1.54, 1.807) is 0 Å². The van der Waals surface area contributed by atoms with Crippen LogP contribution >= 0.6 is 0 Å². The maximum Gasteiger partial charge on any atom is 0.410 e. The number of hydrogen-bond acceptors (Lipinski definition) is 3. The molecule has 0 aromatic rings. The van der Waals surface area contributed by atoms with Gasteiger partial charge < -0.3 is 15.0 Å². The van der Waals surface area contributed by atoms with Crippen LogP contribution in [-0.2, 0) is 4.74 Å². The van der Waals surface area contributed by atoms with E-state index in [4.69, 9.17) is 4.74 Å². The van der Waals surface area contributed by atoms with Crippen molar-refractivity contribution in [2.45, 2.75) is 77.9 Å². The Balaban J connectivity index is 1.69. The second-order valence-corrected chi connectivity index (χ2v) is 8.14. The lowest BCUT2D eigenvalue weighted by atomic mass is 9.88. The number of piperidine rings is 1. The van der Waals surface area contributed by atoms with E-state index in [-0.39, 0.29) is 6.09 Å². The van der Waals surface area contributed by atoms with Crippen LogP contribution < -0.4 is 5.32 Å². The third-order valence-electron chi connectivity index (χ3n) is 4.77. The Labute approximate surface area is 129 Å². The van der Waals surface area contributed by atoms with Gasteiger partial charge >= 0.3 is 6.09 Å². The monoisotopic (exact) mass is 296 g/mol. The molecular formula is C17H32N2O2. The fourth-order valence-corrected chi connectivity index (χ4v) is 3.39. The first-order valence-corrected chi connectivity index (χ1v) is 8.49. The molecule has 2 rings (SSSR count). The van der Waals surface area contributed by atoms with Crippen molar-refractivity contribution in [2.75, 3.05) is 19.6 Å². The predicted molar refractivity (Wildman–Crippen MR) is 85.4 cm³/mol. The molecule has 4 heteroatoms. The van der Waals surface area contributed by atoms with Crippen LogP contribution in [-0.4, -0.2) is 42.3 Å². The highest BCUT2D eigenvalue weighted by Gasteiger charge is 2.31. The molecule has 1 N–H and O–H groups in total. The highest BCUT2D eigenvalue weighted by atomic mass is 16.6. The number of ether oxygens (including phenoxy) is 1. The molecule has 1 heterocycles. The number of nitrogens with one attached hydrogen (secondary N) is 1. The maximum absolute atomic E-state index is 12.0. The van der Waals surface area contributed by atoms with Crippen LogP contribution in [0.4, 0.5) is 4.79 Å². The van der Waals surface area contributed by atoms with Crippen molar-refractivity contribution in [1.29, 1.82) is 0 Å². The molecule has 1 saturated carbocycles. The number of rotatable bonds is 3. The summed E-state index contributed by atoms with van der Waals surface area (Å²) in [4.78, 5) is 13.9. The highest BCUT2D eigenvalue weighted by Crippen LogP contribution is 2.36. The zero-order valence-electron chi connectivity index (χ0n) is 14.2. The second kappa shape index (κ2) is 6.55. The van der Waals surface area contributed by atoms with E-state index in [9.17, 15) is 4.79 Å². The van der Waals surface area contributed by atoms with E-state index in [0.29, 0.717) is 11.5 Å². The molecule has 2 aliphatic rings. The second-order valence-electron chi connectivity index (χ2n) is 8.14. The Bertz CT molecular complexity index is 348. The first-order valence-electron chi connectivity index (χ1n) is 8.49. The molecule has 1 aliphatic carbocycles. The average Bonchev–Trinajstić information content (AvgIpc) is 2.82. The molecule has 0 spiro atoms. The Hall–Kier alpha value is -0.770. The molecule has 0 unspecified atom stereocenters. The molecule has 1 saturated heterocycles. The predicted octanol–water partition coefficient (Wildman–Crippen LogP) is 3.56. The van der Waals surface area contributed by atoms with Gasteiger partial charge in [0.2, 0.25) is 0 Å². The molecule has 122 valence electrons. The molecule has 0 aromatic carbocycles. The Morgan fingerprint density at radius 3 is 2.33 bits per heavy atom. The van der Waals surface area contributed by atoms with Crippen LogP contribution in [0.25, 0.3) is 0 Å². The van der Waals surface area contributed by atoms with Crippen LogP contribution in [0.5, 0.6) is 0 Å². The summed E-state index contributed by atoms with van der Waals surface area (Å²) in [6.07, 6.45) is 7.39. The zero-order chi connectivity index (χ0) is 15.5. The zero-order valence-corrected chi connectivity index (χ0v) is 14.2. The Morgan fingerprint density at radius 1 is 1.24 bits per heavy atom. The lowest BCUT2D eigenvalue weighted by Gasteiger charge is -2.35. The summed E-state index contributed by atoms with van der Waals surface area (Å²) >= 11 is 0. The molecule has 2 fully saturated rings. The summed E-state index contributed by atoms with van der Waals surface area (Å²) in [7, 11) is 0. The standard InChI is InChI=1S/C17H32N2O2/c1-16(2,3)21-15(20)19-11-7-14(8-12-19)18-13-17(4)9-5-6-10-17/h14,18H,5-13H2,1-4H3. The fraction of sp³-hybridized carbons (Fsp3) is 0.941. The summed E-state index contributed by atoms with van der Waals surface area (Å²) < 4.78 is 5.44. The van der Waals surface area contributed by atoms with Gasteiger partial charge in [0.25, 0.3) is 0 Å². The van der Waals surface area contributed by atoms with Crippen molar-refractivity contribution in [3.05, 3.63) is 0 Å². The van der Waals surface area contributed by atoms with E-state index in [0.717, 1.165) is 32.5 Å². The number of amides is 1. The summed E-state index contributed by atoms with van der Waals surface area (Å²) in [6, 6.07) is 0.557. The third kappa shape index (κ3) is 5.17. The van der Waals surface area contributed by atoms with E-state index in [1.165, 1.54) is 25.7 Å². The van der Waals surface area contributed by atoms with Crippen molar-refractivity contribution in [3.8, 4) is 0 Å². The summed E-state index contributed by atoms with van der Waals surface area (Å²) in [5, 5.41) is 3.73. The van der Waals surface area contributed by atoms with E-state index < -0.39 is 5.60 Å². The molecule has 0 bridgehead atoms. The third-order valence-corrected chi connectivity index (χ3v) is 4.77. The number of carbonyl (C=O) groups is 1. The summed E-state index contributed by atoms with van der Waals surface area (Å²) in [6.45, 7) is 10.9. The van der Waals surface area contributed by atoms with E-state index in [2.05, 4.69) is 12.2 Å². The quantitative estimate of drug-likeness (QED) is 0.866. The Morgan fingerprint density at radius 2 is 1.81 bits per heavy atom. The van der Waals surface area contributed by atoms with Gasteiger partial charge in [-0.05, 0) is 51.9 Å². The van der Waals surface area contributed by atoms with Gasteiger partial charge in [0.1, 0.15) is 5.60 Å². The number of nitrogens with zero attached hydrogens (tertiary/aromatic N) is 1. The molecule has 0 radical (unpaired) electrons. The van der Waals surface area contributed by atoms with Crippen LogP contribution in [0.1, 0.15) is 66.2 Å². The minimum atomic E-state index is -0.400. The number of carbonyl (C=O) groups excluding carboxylic acids is 1. The average molecular weight is 296 g/mol. The lowest BCUT2D eigenvalue weighted by Crippen LogP contribution is -2.48. The van der Waals surface area contributed by atoms with Gasteiger partial charge in [-0.15, -0.1) is 0 Å². The van der Waals surface area contributed by atoms with Crippen molar-refractivity contribution < 1.29 is 9.53 Å². The van der Waals surface area contributed by atoms with Crippen molar-refractivity contribution >= 4 is 6.09 Å². The van der Waals surface area contributed by atoms with Crippen LogP contribution in [0, 0.1) is 5.41 Å². The first kappa shape index (κ1) is 16.6. The summed E-state index contributed by atoms with van der Waals surface area (Å²) in [5.41, 5.74) is 0.103. The number of hydrogen-bond donors (Lipinski definition) is 1. The smallest absolute Gasteiger partial charge is 0.410 e. The fourth-order valence-electron chi connectivity index (χ4n) is 3.39. The van der Waals surface area contributed by atoms with Crippen molar-refractivity contribution in [2.24, 2.45) is 5.41 Å². The minimum absolute atomic E-state index is 0.163. The van der Waals surface area contributed by atoms with E-state index >= 15 is 0 Å². The van der Waals surface area contributed by atoms with E-state index in [1.807, 2.05) is 25.7 Å². The first-order chi connectivity index (χ1) is 9.77. The van der Waals surface area contributed by atoms with Gasteiger partial charge in [-0.3, -0.25) is 0 Å². The molecule has 1 aliphatic heterocycles. The lowest BCUT2D eigenvalue weighted by molar-refractivity contribution is 0.0196. The maximum atomic E-state index is 12.0. The SMILES string of the molecule is CC1(CNC2CCN(C(=O)OC(C)(C)C)CC2)CCCC1. The minimum Gasteiger partial charge on any atom is -0.444 e. The van der Waals surface area contributed by atoms with Crippen LogP contribution in [0.15, 0.2) is 0 Å². The molecule has 0 aromatic heterocycles. The van der Waals surface area contributed by atoms with Gasteiger partial charge in [-0.2, -0.15) is 0 Å². The summed E-state index contributed by atoms with van der Waals surface area (Å²) in [5.74, 6) is 0. The van der Waals surface area contributed by atoms with Gasteiger partial charge in [0.15, 0.2) is 0 Å². The molecule has 1 amide bonds.